The summed E-state index contributed by atoms with van der Waals surface area (Å²) in [7, 11) is -3.45. The molecule has 7 nitrogen and oxygen atoms in total. The molecule has 1 aromatic carbocycles. The van der Waals surface area contributed by atoms with Gasteiger partial charge in [0.2, 0.25) is 10.0 Å². The van der Waals surface area contributed by atoms with Crippen molar-refractivity contribution in [3.8, 4) is 0 Å². The van der Waals surface area contributed by atoms with E-state index in [4.69, 9.17) is 4.74 Å². The molecule has 144 valence electrons. The summed E-state index contributed by atoms with van der Waals surface area (Å²) in [5.74, 6) is 0.00495. The van der Waals surface area contributed by atoms with E-state index < -0.39 is 10.0 Å². The number of carbonyl (C=O) groups is 1. The number of piperazine rings is 1. The van der Waals surface area contributed by atoms with Crippen LogP contribution in [0.3, 0.4) is 0 Å². The maximum absolute atomic E-state index is 12.7. The molecule has 0 aromatic heterocycles. The Labute approximate surface area is 155 Å². The standard InChI is InChI=1S/C18H27N3O4S/c1-15-4-6-17(7-5-15)26(23,24)21-10-8-20(9-11-21)14-18(22)19-13-16-3-2-12-25-16/h4-7,16H,2-3,8-14H2,1H3,(H,19,22)/p+1/t16-/m1/s1. The Morgan fingerprint density at radius 1 is 1.27 bits per heavy atom. The van der Waals surface area contributed by atoms with Crippen LogP contribution in [-0.2, 0) is 19.6 Å². The largest absolute Gasteiger partial charge is 0.376 e. The lowest BCUT2D eigenvalue weighted by atomic mass is 10.2. The summed E-state index contributed by atoms with van der Waals surface area (Å²) in [4.78, 5) is 13.5. The second-order valence-electron chi connectivity index (χ2n) is 7.08. The normalized spacial score (nSPS) is 22.4. The molecule has 2 N–H and O–H groups in total. The Kier molecular flexibility index (Phi) is 6.29. The Balaban J connectivity index is 1.46. The molecule has 2 aliphatic heterocycles. The SMILES string of the molecule is Cc1ccc(S(=O)(=O)N2CC[NH+](CC(=O)NC[C@H]3CCCO3)CC2)cc1. The number of ether oxygens (including phenoxy) is 1. The highest BCUT2D eigenvalue weighted by atomic mass is 32.2. The van der Waals surface area contributed by atoms with Crippen LogP contribution in [0, 0.1) is 6.92 Å². The van der Waals surface area contributed by atoms with Crippen LogP contribution in [0.15, 0.2) is 29.2 Å². The van der Waals surface area contributed by atoms with Crippen molar-refractivity contribution in [3.63, 3.8) is 0 Å². The van der Waals surface area contributed by atoms with Crippen LogP contribution >= 0.6 is 0 Å². The number of rotatable bonds is 6. The monoisotopic (exact) mass is 382 g/mol. The van der Waals surface area contributed by atoms with Crippen LogP contribution in [0.1, 0.15) is 18.4 Å². The number of nitrogens with zero attached hydrogens (tertiary/aromatic N) is 1. The molecular weight excluding hydrogens is 354 g/mol. The zero-order chi connectivity index (χ0) is 18.6. The van der Waals surface area contributed by atoms with E-state index in [9.17, 15) is 13.2 Å². The lowest BCUT2D eigenvalue weighted by Gasteiger charge is -2.31. The molecule has 0 bridgehead atoms. The number of amides is 1. The average Bonchev–Trinajstić information content (AvgIpc) is 3.14. The molecule has 0 spiro atoms. The van der Waals surface area contributed by atoms with E-state index in [1.54, 1.807) is 12.1 Å². The number of nitrogens with one attached hydrogen (secondary N) is 2. The summed E-state index contributed by atoms with van der Waals surface area (Å²) < 4.78 is 32.4. The summed E-state index contributed by atoms with van der Waals surface area (Å²) in [6.45, 7) is 5.81. The molecule has 0 saturated carbocycles. The third-order valence-electron chi connectivity index (χ3n) is 5.05. The molecule has 0 radical (unpaired) electrons. The van der Waals surface area contributed by atoms with Crippen LogP contribution in [0.5, 0.6) is 0 Å². The molecule has 26 heavy (non-hydrogen) atoms. The summed E-state index contributed by atoms with van der Waals surface area (Å²) >= 11 is 0. The molecule has 3 rings (SSSR count). The predicted molar refractivity (Wildman–Crippen MR) is 97.5 cm³/mol. The van der Waals surface area contributed by atoms with Crippen molar-refractivity contribution in [2.24, 2.45) is 0 Å². The number of sulfonamides is 1. The van der Waals surface area contributed by atoms with Crippen LogP contribution in [0.25, 0.3) is 0 Å². The Morgan fingerprint density at radius 3 is 2.58 bits per heavy atom. The number of carbonyl (C=O) groups excluding carboxylic acids is 1. The van der Waals surface area contributed by atoms with Gasteiger partial charge in [0.1, 0.15) is 0 Å². The minimum Gasteiger partial charge on any atom is -0.376 e. The molecule has 2 saturated heterocycles. The first kappa shape index (κ1) is 19.3. The minimum atomic E-state index is -3.45. The third kappa shape index (κ3) is 4.82. The van der Waals surface area contributed by atoms with Crippen LogP contribution < -0.4 is 10.2 Å². The highest BCUT2D eigenvalue weighted by Crippen LogP contribution is 2.16. The van der Waals surface area contributed by atoms with Crippen molar-refractivity contribution >= 4 is 15.9 Å². The summed E-state index contributed by atoms with van der Waals surface area (Å²) in [6, 6.07) is 6.93. The third-order valence-corrected chi connectivity index (χ3v) is 6.96. The van der Waals surface area contributed by atoms with Gasteiger partial charge in [-0.1, -0.05) is 17.7 Å². The number of benzene rings is 1. The van der Waals surface area contributed by atoms with Crippen LogP contribution in [0.2, 0.25) is 0 Å². The van der Waals surface area contributed by atoms with E-state index in [1.165, 1.54) is 4.31 Å². The first-order chi connectivity index (χ1) is 12.4. The van der Waals surface area contributed by atoms with Crippen LogP contribution in [0.4, 0.5) is 0 Å². The molecule has 1 amide bonds. The van der Waals surface area contributed by atoms with Crippen molar-refractivity contribution in [2.45, 2.75) is 30.8 Å². The smallest absolute Gasteiger partial charge is 0.275 e. The van der Waals surface area contributed by atoms with Crippen molar-refractivity contribution in [1.82, 2.24) is 9.62 Å². The lowest BCUT2D eigenvalue weighted by molar-refractivity contribution is -0.895. The van der Waals surface area contributed by atoms with Gasteiger partial charge in [-0.3, -0.25) is 4.79 Å². The summed E-state index contributed by atoms with van der Waals surface area (Å²) in [5.41, 5.74) is 1.03. The fraction of sp³-hybridized carbons (Fsp3) is 0.611. The Morgan fingerprint density at radius 2 is 1.96 bits per heavy atom. The quantitative estimate of drug-likeness (QED) is 0.674. The second kappa shape index (κ2) is 8.47. The molecule has 0 unspecified atom stereocenters. The van der Waals surface area contributed by atoms with Gasteiger partial charge in [0, 0.05) is 13.2 Å². The fourth-order valence-corrected chi connectivity index (χ4v) is 4.84. The first-order valence-corrected chi connectivity index (χ1v) is 10.7. The molecule has 8 heteroatoms. The first-order valence-electron chi connectivity index (χ1n) is 9.24. The van der Waals surface area contributed by atoms with E-state index in [2.05, 4.69) is 5.32 Å². The van der Waals surface area contributed by atoms with Crippen LogP contribution in [-0.4, -0.2) is 70.6 Å². The number of hydrogen-bond donors (Lipinski definition) is 2. The molecular formula is C18H28N3O4S+. The number of quaternary nitrogens is 1. The molecule has 1 aromatic rings. The topological polar surface area (TPSA) is 80.2 Å². The van der Waals surface area contributed by atoms with Crippen molar-refractivity contribution < 1.29 is 22.8 Å². The maximum Gasteiger partial charge on any atom is 0.275 e. The molecule has 2 aliphatic rings. The van der Waals surface area contributed by atoms with Gasteiger partial charge in [0.05, 0.1) is 37.2 Å². The molecule has 2 heterocycles. The fourth-order valence-electron chi connectivity index (χ4n) is 3.40. The van der Waals surface area contributed by atoms with E-state index >= 15 is 0 Å². The zero-order valence-electron chi connectivity index (χ0n) is 15.2. The van der Waals surface area contributed by atoms with Gasteiger partial charge in [-0.2, -0.15) is 4.31 Å². The van der Waals surface area contributed by atoms with Gasteiger partial charge in [0.25, 0.3) is 5.91 Å². The minimum absolute atomic E-state index is 0.00495. The van der Waals surface area contributed by atoms with E-state index in [0.717, 1.165) is 29.9 Å². The highest BCUT2D eigenvalue weighted by molar-refractivity contribution is 7.89. The Bertz CT molecular complexity index is 706. The van der Waals surface area contributed by atoms with E-state index in [1.807, 2.05) is 19.1 Å². The average molecular weight is 383 g/mol. The highest BCUT2D eigenvalue weighted by Gasteiger charge is 2.31. The summed E-state index contributed by atoms with van der Waals surface area (Å²) in [6.07, 6.45) is 2.21. The molecule has 2 fully saturated rings. The van der Waals surface area contributed by atoms with Gasteiger partial charge < -0.3 is 15.0 Å². The van der Waals surface area contributed by atoms with E-state index in [0.29, 0.717) is 44.2 Å². The number of aryl methyl sites for hydroxylation is 1. The zero-order valence-corrected chi connectivity index (χ0v) is 16.1. The van der Waals surface area contributed by atoms with Gasteiger partial charge in [-0.05, 0) is 31.9 Å². The number of hydrogen-bond acceptors (Lipinski definition) is 4. The van der Waals surface area contributed by atoms with Gasteiger partial charge in [0.15, 0.2) is 6.54 Å². The molecule has 1 atom stereocenters. The van der Waals surface area contributed by atoms with Gasteiger partial charge >= 0.3 is 0 Å². The van der Waals surface area contributed by atoms with E-state index in [-0.39, 0.29) is 12.0 Å². The van der Waals surface area contributed by atoms with Crippen molar-refractivity contribution in [3.05, 3.63) is 29.8 Å². The lowest BCUT2D eigenvalue weighted by Crippen LogP contribution is -3.15. The maximum atomic E-state index is 12.7. The Hall–Kier alpha value is -1.48. The van der Waals surface area contributed by atoms with Gasteiger partial charge in [-0.15, -0.1) is 0 Å². The van der Waals surface area contributed by atoms with Crippen molar-refractivity contribution in [2.75, 3.05) is 45.9 Å². The predicted octanol–water partition coefficient (Wildman–Crippen LogP) is -0.821. The summed E-state index contributed by atoms with van der Waals surface area (Å²) in [5, 5.41) is 2.93. The second-order valence-corrected chi connectivity index (χ2v) is 9.02. The van der Waals surface area contributed by atoms with Crippen molar-refractivity contribution in [1.29, 1.82) is 0 Å². The van der Waals surface area contributed by atoms with Gasteiger partial charge in [-0.25, -0.2) is 8.42 Å². The molecule has 0 aliphatic carbocycles.